The van der Waals surface area contributed by atoms with E-state index in [-0.39, 0.29) is 0 Å². The maximum Gasteiger partial charge on any atom is 0.236 e. The average molecular weight is 303 g/mol. The van der Waals surface area contributed by atoms with Gasteiger partial charge >= 0.3 is 0 Å². The first-order chi connectivity index (χ1) is 9.74. The first-order valence-corrected chi connectivity index (χ1v) is 8.01. The van der Waals surface area contributed by atoms with Crippen LogP contribution in [0.4, 0.5) is 0 Å². The number of phenolic OH excluding ortho intramolecular Hbond substituents is 1. The molecule has 0 spiro atoms. The van der Waals surface area contributed by atoms with Crippen LogP contribution in [0.5, 0.6) is 5.75 Å². The lowest BCUT2D eigenvalue weighted by Gasteiger charge is -2.02. The van der Waals surface area contributed by atoms with Crippen LogP contribution in [0.2, 0.25) is 0 Å². The molecule has 3 aromatic rings. The van der Waals surface area contributed by atoms with Gasteiger partial charge in [-0.2, -0.15) is 0 Å². The van der Waals surface area contributed by atoms with Gasteiger partial charge in [-0.25, -0.2) is 4.98 Å². The summed E-state index contributed by atoms with van der Waals surface area (Å²) in [5.74, 6) is 2.48. The number of phenols is 1. The van der Waals surface area contributed by atoms with Crippen molar-refractivity contribution in [2.45, 2.75) is 17.6 Å². The van der Waals surface area contributed by atoms with E-state index < -0.39 is 0 Å². The highest BCUT2D eigenvalue weighted by molar-refractivity contribution is 7.98. The van der Waals surface area contributed by atoms with Crippen LogP contribution in [-0.4, -0.2) is 10.1 Å². The van der Waals surface area contributed by atoms with Crippen LogP contribution in [0.3, 0.4) is 0 Å². The molecular formula is C15H13NO2S2. The fraction of sp³-hybridized carbons (Fsp3) is 0.133. The summed E-state index contributed by atoms with van der Waals surface area (Å²) in [6.07, 6.45) is 0. The Bertz CT molecular complexity index is 704. The number of hydrogen-bond donors (Lipinski definition) is 1. The first kappa shape index (κ1) is 13.3. The summed E-state index contributed by atoms with van der Waals surface area (Å²) in [6.45, 7) is 1.92. The third-order valence-corrected chi connectivity index (χ3v) is 4.79. The highest BCUT2D eigenvalue weighted by atomic mass is 32.2. The highest BCUT2D eigenvalue weighted by Gasteiger charge is 2.13. The van der Waals surface area contributed by atoms with Crippen molar-refractivity contribution in [2.75, 3.05) is 0 Å². The van der Waals surface area contributed by atoms with Gasteiger partial charge in [-0.1, -0.05) is 18.2 Å². The van der Waals surface area contributed by atoms with E-state index in [1.54, 1.807) is 29.2 Å². The van der Waals surface area contributed by atoms with Crippen LogP contribution >= 0.6 is 23.1 Å². The van der Waals surface area contributed by atoms with Gasteiger partial charge < -0.3 is 9.52 Å². The Hall–Kier alpha value is -1.72. The fourth-order valence-corrected chi connectivity index (χ4v) is 3.39. The van der Waals surface area contributed by atoms with E-state index in [4.69, 9.17) is 4.42 Å². The van der Waals surface area contributed by atoms with Crippen LogP contribution in [0.1, 0.15) is 11.5 Å². The Kier molecular flexibility index (Phi) is 3.80. The van der Waals surface area contributed by atoms with Gasteiger partial charge in [-0.15, -0.1) is 23.1 Å². The summed E-state index contributed by atoms with van der Waals surface area (Å²) in [4.78, 5) is 6.43. The molecule has 3 rings (SSSR count). The molecule has 0 fully saturated rings. The summed E-state index contributed by atoms with van der Waals surface area (Å²) in [6, 6.07) is 11.3. The van der Waals surface area contributed by atoms with Crippen molar-refractivity contribution in [3.8, 4) is 16.5 Å². The van der Waals surface area contributed by atoms with Gasteiger partial charge in [0.1, 0.15) is 11.5 Å². The van der Waals surface area contributed by atoms with Crippen LogP contribution in [0.15, 0.2) is 51.1 Å². The molecule has 0 aliphatic heterocycles. The number of benzene rings is 1. The Morgan fingerprint density at radius 3 is 2.85 bits per heavy atom. The second-order valence-electron chi connectivity index (χ2n) is 4.26. The molecule has 3 nitrogen and oxygen atoms in total. The van der Waals surface area contributed by atoms with Crippen LogP contribution in [0, 0.1) is 6.92 Å². The molecule has 0 aliphatic carbocycles. The molecule has 0 saturated carbocycles. The largest absolute Gasteiger partial charge is 0.507 e. The number of thioether (sulfide) groups is 1. The molecule has 1 aromatic carbocycles. The zero-order valence-electron chi connectivity index (χ0n) is 10.9. The number of oxazole rings is 1. The predicted molar refractivity (Wildman–Crippen MR) is 82.2 cm³/mol. The molecule has 0 bridgehead atoms. The van der Waals surface area contributed by atoms with Crippen LogP contribution in [-0.2, 0) is 5.75 Å². The van der Waals surface area contributed by atoms with E-state index in [2.05, 4.69) is 4.98 Å². The normalized spacial score (nSPS) is 10.8. The average Bonchev–Trinajstić information content (AvgIpc) is 3.07. The molecule has 20 heavy (non-hydrogen) atoms. The molecule has 0 radical (unpaired) electrons. The maximum atomic E-state index is 9.75. The van der Waals surface area contributed by atoms with Gasteiger partial charge in [0.05, 0.1) is 10.6 Å². The van der Waals surface area contributed by atoms with Gasteiger partial charge in [-0.3, -0.25) is 0 Å². The van der Waals surface area contributed by atoms with E-state index in [9.17, 15) is 5.11 Å². The fourth-order valence-electron chi connectivity index (χ4n) is 1.79. The van der Waals surface area contributed by atoms with E-state index in [1.807, 2.05) is 42.6 Å². The summed E-state index contributed by atoms with van der Waals surface area (Å²) < 4.78 is 5.70. The Labute approximate surface area is 125 Å². The van der Waals surface area contributed by atoms with E-state index >= 15 is 0 Å². The van der Waals surface area contributed by atoms with Crippen molar-refractivity contribution in [3.05, 3.63) is 53.2 Å². The lowest BCUT2D eigenvalue weighted by Crippen LogP contribution is -1.84. The molecule has 5 heteroatoms. The van der Waals surface area contributed by atoms with E-state index in [0.29, 0.717) is 17.4 Å². The molecule has 0 atom stereocenters. The minimum atomic E-state index is 0.303. The number of nitrogens with zero attached hydrogens (tertiary/aromatic N) is 1. The number of rotatable bonds is 4. The summed E-state index contributed by atoms with van der Waals surface area (Å²) in [5, 5.41) is 11.8. The number of hydrogen-bond acceptors (Lipinski definition) is 5. The zero-order chi connectivity index (χ0) is 13.9. The number of para-hydroxylation sites is 1. The second kappa shape index (κ2) is 5.73. The van der Waals surface area contributed by atoms with Crippen molar-refractivity contribution in [1.82, 2.24) is 4.98 Å². The van der Waals surface area contributed by atoms with E-state index in [0.717, 1.165) is 21.2 Å². The Morgan fingerprint density at radius 2 is 2.10 bits per heavy atom. The minimum Gasteiger partial charge on any atom is -0.507 e. The standard InChI is InChI=1S/C15H13NO2S2/c1-10-11(9-20-13-6-3-2-5-12(13)17)16-15(18-10)14-7-4-8-19-14/h2-8,17H,9H2,1H3. The molecule has 2 aromatic heterocycles. The minimum absolute atomic E-state index is 0.303. The molecule has 0 amide bonds. The maximum absolute atomic E-state index is 9.75. The molecule has 1 N–H and O–H groups in total. The van der Waals surface area contributed by atoms with Gasteiger partial charge in [-0.05, 0) is 30.5 Å². The molecule has 0 aliphatic rings. The third kappa shape index (κ3) is 2.73. The lowest BCUT2D eigenvalue weighted by atomic mass is 10.3. The molecule has 2 heterocycles. The number of aromatic nitrogens is 1. The second-order valence-corrected chi connectivity index (χ2v) is 6.22. The molecule has 0 saturated heterocycles. The summed E-state index contributed by atoms with van der Waals surface area (Å²) in [7, 11) is 0. The molecule has 102 valence electrons. The van der Waals surface area contributed by atoms with Gasteiger partial charge in [0.25, 0.3) is 0 Å². The van der Waals surface area contributed by atoms with Crippen LogP contribution in [0.25, 0.3) is 10.8 Å². The topological polar surface area (TPSA) is 46.3 Å². The Balaban J connectivity index is 1.77. The highest BCUT2D eigenvalue weighted by Crippen LogP contribution is 2.32. The van der Waals surface area contributed by atoms with Gasteiger partial charge in [0, 0.05) is 10.6 Å². The Morgan fingerprint density at radius 1 is 1.25 bits per heavy atom. The van der Waals surface area contributed by atoms with Gasteiger partial charge in [0.15, 0.2) is 0 Å². The SMILES string of the molecule is Cc1oc(-c2cccs2)nc1CSc1ccccc1O. The lowest BCUT2D eigenvalue weighted by molar-refractivity contribution is 0.462. The van der Waals surface area contributed by atoms with Crippen molar-refractivity contribution in [1.29, 1.82) is 0 Å². The van der Waals surface area contributed by atoms with Crippen molar-refractivity contribution in [3.63, 3.8) is 0 Å². The van der Waals surface area contributed by atoms with Crippen molar-refractivity contribution in [2.24, 2.45) is 0 Å². The summed E-state index contributed by atoms with van der Waals surface area (Å²) >= 11 is 3.17. The number of aryl methyl sites for hydroxylation is 1. The van der Waals surface area contributed by atoms with Crippen LogP contribution < -0.4 is 0 Å². The molecule has 0 unspecified atom stereocenters. The van der Waals surface area contributed by atoms with Gasteiger partial charge in [0.2, 0.25) is 5.89 Å². The number of thiophene rings is 1. The quantitative estimate of drug-likeness (QED) is 0.709. The van der Waals surface area contributed by atoms with Crippen molar-refractivity contribution >= 4 is 23.1 Å². The summed E-state index contributed by atoms with van der Waals surface area (Å²) in [5.41, 5.74) is 0.918. The number of aromatic hydroxyl groups is 1. The zero-order valence-corrected chi connectivity index (χ0v) is 12.5. The van der Waals surface area contributed by atoms with Crippen molar-refractivity contribution < 1.29 is 9.52 Å². The first-order valence-electron chi connectivity index (χ1n) is 6.15. The van der Waals surface area contributed by atoms with E-state index in [1.165, 1.54) is 0 Å². The monoisotopic (exact) mass is 303 g/mol. The smallest absolute Gasteiger partial charge is 0.236 e. The molecular weight excluding hydrogens is 290 g/mol. The predicted octanol–water partition coefficient (Wildman–Crippen LogP) is 4.71. The third-order valence-electron chi connectivity index (χ3n) is 2.85.